The third-order valence-electron chi connectivity index (χ3n) is 5.55. The van der Waals surface area contributed by atoms with E-state index in [1.807, 2.05) is 4.90 Å². The summed E-state index contributed by atoms with van der Waals surface area (Å²) >= 11 is 6.00. The zero-order valence-corrected chi connectivity index (χ0v) is 18.1. The van der Waals surface area contributed by atoms with Crippen LogP contribution < -0.4 is 5.73 Å². The van der Waals surface area contributed by atoms with Gasteiger partial charge in [-0.05, 0) is 12.1 Å². The molecule has 1 fully saturated rings. The topological polar surface area (TPSA) is 117 Å². The molecule has 32 heavy (non-hydrogen) atoms. The van der Waals surface area contributed by atoms with Gasteiger partial charge in [0, 0.05) is 38.2 Å². The van der Waals surface area contributed by atoms with E-state index in [9.17, 15) is 8.78 Å². The molecule has 1 unspecified atom stereocenters. The summed E-state index contributed by atoms with van der Waals surface area (Å²) in [4.78, 5) is 8.22. The zero-order valence-electron chi connectivity index (χ0n) is 17.4. The lowest BCUT2D eigenvalue weighted by Crippen LogP contribution is -2.50. The summed E-state index contributed by atoms with van der Waals surface area (Å²) in [7, 11) is 0. The van der Waals surface area contributed by atoms with Gasteiger partial charge in [0.15, 0.2) is 0 Å². The van der Waals surface area contributed by atoms with Gasteiger partial charge in [0.25, 0.3) is 5.89 Å². The Bertz CT molecular complexity index is 1010. The first kappa shape index (κ1) is 22.7. The number of nitrogens with two attached hydrogens (primary N) is 1. The van der Waals surface area contributed by atoms with Crippen LogP contribution in [0.15, 0.2) is 21.5 Å². The predicted octanol–water partition coefficient (Wildman–Crippen LogP) is 1.83. The average molecular weight is 468 g/mol. The van der Waals surface area contributed by atoms with E-state index in [1.54, 1.807) is 0 Å². The summed E-state index contributed by atoms with van der Waals surface area (Å²) < 4.78 is 39.2. The lowest BCUT2D eigenvalue weighted by molar-refractivity contribution is 0.0305. The van der Waals surface area contributed by atoms with Crippen molar-refractivity contribution in [2.24, 2.45) is 10.7 Å². The highest BCUT2D eigenvalue weighted by atomic mass is 35.5. The number of halogens is 3. The standard InChI is InChI=1S/C20H24ClF2N7O2/c21-18-12(13(22)1-2-14(18)23)10-30-4-3-26-19(25)16(30)9-15(24)20-28-27-17(32-20)11-29-5-7-31-8-6-29/h1-2,16,24H,3-11H2,(H2,25,26). The van der Waals surface area contributed by atoms with Crippen LogP contribution in [0.4, 0.5) is 8.78 Å². The van der Waals surface area contributed by atoms with Crippen molar-refractivity contribution in [3.8, 4) is 0 Å². The zero-order chi connectivity index (χ0) is 22.7. The molecular weight excluding hydrogens is 444 g/mol. The first-order valence-electron chi connectivity index (χ1n) is 10.3. The quantitative estimate of drug-likeness (QED) is 0.471. The highest BCUT2D eigenvalue weighted by Crippen LogP contribution is 2.26. The maximum atomic E-state index is 14.3. The van der Waals surface area contributed by atoms with Crippen molar-refractivity contribution in [2.75, 3.05) is 39.4 Å². The minimum Gasteiger partial charge on any atom is -0.418 e. The number of nitrogens with zero attached hydrogens (tertiary/aromatic N) is 5. The Morgan fingerprint density at radius 3 is 2.69 bits per heavy atom. The second kappa shape index (κ2) is 9.99. The molecule has 1 aromatic carbocycles. The molecule has 1 aromatic heterocycles. The second-order valence-corrected chi connectivity index (χ2v) is 8.06. The predicted molar refractivity (Wildman–Crippen MR) is 114 cm³/mol. The molecule has 12 heteroatoms. The van der Waals surface area contributed by atoms with Gasteiger partial charge in [-0.2, -0.15) is 0 Å². The summed E-state index contributed by atoms with van der Waals surface area (Å²) in [5.74, 6) is -0.466. The van der Waals surface area contributed by atoms with Gasteiger partial charge in [-0.3, -0.25) is 20.2 Å². The third kappa shape index (κ3) is 5.12. The summed E-state index contributed by atoms with van der Waals surface area (Å²) in [5.41, 5.74) is 6.24. The fourth-order valence-corrected chi connectivity index (χ4v) is 3.98. The Balaban J connectivity index is 1.45. The smallest absolute Gasteiger partial charge is 0.261 e. The number of benzene rings is 1. The second-order valence-electron chi connectivity index (χ2n) is 7.69. The van der Waals surface area contributed by atoms with Gasteiger partial charge in [-0.15, -0.1) is 10.2 Å². The van der Waals surface area contributed by atoms with Crippen LogP contribution in [0.5, 0.6) is 0 Å². The van der Waals surface area contributed by atoms with Crippen LogP contribution in [-0.4, -0.2) is 77.0 Å². The van der Waals surface area contributed by atoms with Crippen molar-refractivity contribution in [3.63, 3.8) is 0 Å². The van der Waals surface area contributed by atoms with Crippen LogP contribution in [-0.2, 0) is 17.8 Å². The number of aliphatic imine (C=N–C) groups is 1. The van der Waals surface area contributed by atoms with Crippen LogP contribution in [0, 0.1) is 17.0 Å². The molecule has 0 aliphatic carbocycles. The fraction of sp³-hybridized carbons (Fsp3) is 0.500. The molecule has 0 radical (unpaired) electrons. The molecule has 4 rings (SSSR count). The van der Waals surface area contributed by atoms with Crippen LogP contribution in [0.25, 0.3) is 0 Å². The van der Waals surface area contributed by atoms with Gasteiger partial charge in [-0.1, -0.05) is 11.6 Å². The van der Waals surface area contributed by atoms with E-state index in [2.05, 4.69) is 20.1 Å². The van der Waals surface area contributed by atoms with E-state index in [0.29, 0.717) is 44.6 Å². The Kier molecular flexibility index (Phi) is 7.09. The number of morpholine rings is 1. The van der Waals surface area contributed by atoms with E-state index < -0.39 is 17.7 Å². The normalized spacial score (nSPS) is 20.3. The number of hydrogen-bond acceptors (Lipinski definition) is 9. The lowest BCUT2D eigenvalue weighted by Gasteiger charge is -2.34. The average Bonchev–Trinajstić information content (AvgIpc) is 3.25. The monoisotopic (exact) mass is 467 g/mol. The molecule has 1 atom stereocenters. The Hall–Kier alpha value is -2.47. The maximum Gasteiger partial charge on any atom is 0.261 e. The van der Waals surface area contributed by atoms with Gasteiger partial charge in [-0.25, -0.2) is 8.78 Å². The molecule has 2 aliphatic rings. The molecule has 172 valence electrons. The summed E-state index contributed by atoms with van der Waals surface area (Å²) in [6.07, 6.45) is 0.128. The Morgan fingerprint density at radius 1 is 1.16 bits per heavy atom. The van der Waals surface area contributed by atoms with E-state index in [1.165, 1.54) is 0 Å². The van der Waals surface area contributed by atoms with Gasteiger partial charge in [0.2, 0.25) is 5.89 Å². The van der Waals surface area contributed by atoms with Crippen molar-refractivity contribution in [1.82, 2.24) is 20.0 Å². The summed E-state index contributed by atoms with van der Waals surface area (Å²) in [6, 6.07) is 1.53. The highest BCUT2D eigenvalue weighted by Gasteiger charge is 2.30. The van der Waals surface area contributed by atoms with Crippen LogP contribution >= 0.6 is 11.6 Å². The molecule has 0 bridgehead atoms. The Labute approximate surface area is 188 Å². The van der Waals surface area contributed by atoms with Gasteiger partial charge in [0.05, 0.1) is 43.1 Å². The lowest BCUT2D eigenvalue weighted by atomic mass is 10.0. The van der Waals surface area contributed by atoms with Crippen LogP contribution in [0.3, 0.4) is 0 Å². The van der Waals surface area contributed by atoms with Crippen LogP contribution in [0.2, 0.25) is 5.02 Å². The molecule has 9 nitrogen and oxygen atoms in total. The molecular formula is C20H24ClF2N7O2. The minimum absolute atomic E-state index is 0.0305. The number of hydrogen-bond donors (Lipinski definition) is 2. The number of nitrogens with one attached hydrogen (secondary N) is 1. The first-order valence-corrected chi connectivity index (χ1v) is 10.7. The number of aromatic nitrogens is 2. The maximum absolute atomic E-state index is 14.3. The fourth-order valence-electron chi connectivity index (χ4n) is 3.77. The minimum atomic E-state index is -0.690. The number of rotatable bonds is 7. The van der Waals surface area contributed by atoms with Gasteiger partial charge in [0.1, 0.15) is 17.5 Å². The van der Waals surface area contributed by atoms with Crippen molar-refractivity contribution < 1.29 is 17.9 Å². The highest BCUT2D eigenvalue weighted by molar-refractivity contribution is 6.31. The van der Waals surface area contributed by atoms with E-state index >= 15 is 0 Å². The van der Waals surface area contributed by atoms with Crippen molar-refractivity contribution in [1.29, 1.82) is 5.41 Å². The molecule has 3 N–H and O–H groups in total. The van der Waals surface area contributed by atoms with E-state index in [4.69, 9.17) is 31.9 Å². The Morgan fingerprint density at radius 2 is 1.91 bits per heavy atom. The van der Waals surface area contributed by atoms with Crippen molar-refractivity contribution in [2.45, 2.75) is 25.6 Å². The van der Waals surface area contributed by atoms with E-state index in [-0.39, 0.29) is 35.2 Å². The van der Waals surface area contributed by atoms with Gasteiger partial charge >= 0.3 is 0 Å². The summed E-state index contributed by atoms with van der Waals surface area (Å²) in [5, 5.41) is 16.2. The SMILES string of the molecule is N=C(CC1C(N)=NCCN1Cc1c(F)ccc(F)c1Cl)c1nnc(CN2CCOCC2)o1. The molecule has 2 aliphatic heterocycles. The molecule has 0 spiro atoms. The van der Waals surface area contributed by atoms with Crippen LogP contribution in [0.1, 0.15) is 23.8 Å². The largest absolute Gasteiger partial charge is 0.418 e. The van der Waals surface area contributed by atoms with Gasteiger partial charge < -0.3 is 14.9 Å². The number of ether oxygens (including phenoxy) is 1. The van der Waals surface area contributed by atoms with Crippen molar-refractivity contribution >= 4 is 23.1 Å². The number of amidine groups is 1. The van der Waals surface area contributed by atoms with Crippen molar-refractivity contribution in [3.05, 3.63) is 46.1 Å². The first-order chi connectivity index (χ1) is 15.4. The molecule has 0 amide bonds. The third-order valence-corrected chi connectivity index (χ3v) is 5.96. The molecule has 0 saturated carbocycles. The molecule has 3 heterocycles. The summed E-state index contributed by atoms with van der Waals surface area (Å²) in [6.45, 7) is 4.25. The molecule has 1 saturated heterocycles. The van der Waals surface area contributed by atoms with E-state index in [0.717, 1.165) is 25.2 Å². The molecule has 2 aromatic rings.